The first-order chi connectivity index (χ1) is 10.8. The molecule has 6 heteroatoms. The highest BCUT2D eigenvalue weighted by Gasteiger charge is 2.38. The summed E-state index contributed by atoms with van der Waals surface area (Å²) in [4.78, 5) is 14.0. The lowest BCUT2D eigenvalue weighted by Gasteiger charge is -2.27. The van der Waals surface area contributed by atoms with Crippen molar-refractivity contribution in [2.24, 2.45) is 5.41 Å². The first kappa shape index (κ1) is 17.8. The number of aliphatic hydroxyl groups excluding tert-OH is 1. The van der Waals surface area contributed by atoms with Crippen LogP contribution in [0.2, 0.25) is 0 Å². The topological polar surface area (TPSA) is 52.6 Å². The minimum atomic E-state index is -2.71. The van der Waals surface area contributed by atoms with Crippen molar-refractivity contribution in [1.29, 1.82) is 0 Å². The van der Waals surface area contributed by atoms with E-state index in [2.05, 4.69) is 10.2 Å². The number of nitrogens with zero attached hydrogens (tertiary/aromatic N) is 1. The van der Waals surface area contributed by atoms with Crippen LogP contribution in [0.4, 0.5) is 8.78 Å². The third kappa shape index (κ3) is 4.48. The number of aliphatic hydroxyl groups is 1. The number of rotatable bonds is 6. The summed E-state index contributed by atoms with van der Waals surface area (Å²) in [7, 11) is 0. The SMILES string of the molecule is CC(C)(C(=O)NC[C@H]1C[C@@H](O)CN1Cc1ccccc1)C(F)F. The Kier molecular flexibility index (Phi) is 5.70. The van der Waals surface area contributed by atoms with Gasteiger partial charge in [-0.25, -0.2) is 8.78 Å². The van der Waals surface area contributed by atoms with E-state index in [4.69, 9.17) is 0 Å². The molecule has 23 heavy (non-hydrogen) atoms. The van der Waals surface area contributed by atoms with Crippen molar-refractivity contribution in [2.75, 3.05) is 13.1 Å². The molecule has 1 saturated heterocycles. The molecule has 0 bridgehead atoms. The van der Waals surface area contributed by atoms with Crippen molar-refractivity contribution in [3.63, 3.8) is 0 Å². The fraction of sp³-hybridized carbons (Fsp3) is 0.588. The zero-order valence-corrected chi connectivity index (χ0v) is 13.5. The number of halogens is 2. The van der Waals surface area contributed by atoms with E-state index in [1.807, 2.05) is 30.3 Å². The average Bonchev–Trinajstić information content (AvgIpc) is 2.85. The lowest BCUT2D eigenvalue weighted by molar-refractivity contribution is -0.137. The summed E-state index contributed by atoms with van der Waals surface area (Å²) < 4.78 is 25.8. The zero-order valence-electron chi connectivity index (χ0n) is 13.5. The summed E-state index contributed by atoms with van der Waals surface area (Å²) in [5.74, 6) is -0.659. The molecule has 1 heterocycles. The largest absolute Gasteiger partial charge is 0.392 e. The molecule has 4 nitrogen and oxygen atoms in total. The summed E-state index contributed by atoms with van der Waals surface area (Å²) in [6, 6.07) is 9.78. The Balaban J connectivity index is 1.94. The van der Waals surface area contributed by atoms with Crippen LogP contribution in [0.15, 0.2) is 30.3 Å². The van der Waals surface area contributed by atoms with Crippen molar-refractivity contribution in [2.45, 2.75) is 45.4 Å². The number of carbonyl (C=O) groups is 1. The molecule has 2 N–H and O–H groups in total. The number of β-amino-alcohol motifs (C(OH)–C–C–N with tert-alkyl or cyclic N) is 1. The number of alkyl halides is 2. The van der Waals surface area contributed by atoms with Gasteiger partial charge in [-0.3, -0.25) is 9.69 Å². The van der Waals surface area contributed by atoms with Gasteiger partial charge in [-0.2, -0.15) is 0 Å². The maximum Gasteiger partial charge on any atom is 0.252 e. The fourth-order valence-electron chi connectivity index (χ4n) is 2.72. The van der Waals surface area contributed by atoms with Gasteiger partial charge in [0, 0.05) is 25.7 Å². The Labute approximate surface area is 135 Å². The third-order valence-corrected chi connectivity index (χ3v) is 4.36. The van der Waals surface area contributed by atoms with E-state index in [1.165, 1.54) is 13.8 Å². The summed E-state index contributed by atoms with van der Waals surface area (Å²) in [5, 5.41) is 12.5. The van der Waals surface area contributed by atoms with Crippen LogP contribution in [0.5, 0.6) is 0 Å². The van der Waals surface area contributed by atoms with Crippen LogP contribution in [0.1, 0.15) is 25.8 Å². The predicted molar refractivity (Wildman–Crippen MR) is 84.1 cm³/mol. The van der Waals surface area contributed by atoms with Crippen LogP contribution in [-0.2, 0) is 11.3 Å². The molecule has 2 rings (SSSR count). The van der Waals surface area contributed by atoms with E-state index in [9.17, 15) is 18.7 Å². The molecular weight excluding hydrogens is 302 g/mol. The van der Waals surface area contributed by atoms with Crippen LogP contribution in [-0.4, -0.2) is 47.6 Å². The summed E-state index contributed by atoms with van der Waals surface area (Å²) in [6.45, 7) is 3.92. The van der Waals surface area contributed by atoms with Gasteiger partial charge >= 0.3 is 0 Å². The van der Waals surface area contributed by atoms with Gasteiger partial charge in [0.15, 0.2) is 0 Å². The van der Waals surface area contributed by atoms with E-state index in [-0.39, 0.29) is 12.6 Å². The molecule has 0 aromatic heterocycles. The number of hydrogen-bond acceptors (Lipinski definition) is 3. The Morgan fingerprint density at radius 2 is 2.04 bits per heavy atom. The number of nitrogens with one attached hydrogen (secondary N) is 1. The van der Waals surface area contributed by atoms with Gasteiger partial charge in [0.2, 0.25) is 5.91 Å². The van der Waals surface area contributed by atoms with Crippen molar-refractivity contribution in [1.82, 2.24) is 10.2 Å². The highest BCUT2D eigenvalue weighted by molar-refractivity contribution is 5.82. The molecule has 1 amide bonds. The Morgan fingerprint density at radius 1 is 1.39 bits per heavy atom. The Hall–Kier alpha value is -1.53. The van der Waals surface area contributed by atoms with Crippen molar-refractivity contribution < 1.29 is 18.7 Å². The number of carbonyl (C=O) groups excluding carboxylic acids is 1. The summed E-state index contributed by atoms with van der Waals surface area (Å²) in [5.41, 5.74) is -0.590. The molecule has 1 aromatic carbocycles. The van der Waals surface area contributed by atoms with Crippen molar-refractivity contribution >= 4 is 5.91 Å². The van der Waals surface area contributed by atoms with Gasteiger partial charge in [-0.05, 0) is 25.8 Å². The molecule has 0 aliphatic carbocycles. The Bertz CT molecular complexity index is 523. The molecule has 1 aliphatic rings. The molecule has 0 radical (unpaired) electrons. The average molecular weight is 326 g/mol. The molecular formula is C17H24F2N2O2. The van der Waals surface area contributed by atoms with Gasteiger partial charge < -0.3 is 10.4 Å². The van der Waals surface area contributed by atoms with Crippen LogP contribution in [0.3, 0.4) is 0 Å². The van der Waals surface area contributed by atoms with Crippen LogP contribution in [0, 0.1) is 5.41 Å². The van der Waals surface area contributed by atoms with Crippen LogP contribution < -0.4 is 5.32 Å². The summed E-state index contributed by atoms with van der Waals surface area (Å²) >= 11 is 0. The number of amides is 1. The first-order valence-corrected chi connectivity index (χ1v) is 7.83. The molecule has 1 aromatic rings. The van der Waals surface area contributed by atoms with Gasteiger partial charge in [-0.1, -0.05) is 30.3 Å². The van der Waals surface area contributed by atoms with Gasteiger partial charge in [0.25, 0.3) is 6.43 Å². The van der Waals surface area contributed by atoms with Gasteiger partial charge in [0.1, 0.15) is 5.41 Å². The maximum atomic E-state index is 12.9. The van der Waals surface area contributed by atoms with Gasteiger partial charge in [-0.15, -0.1) is 0 Å². The highest BCUT2D eigenvalue weighted by Crippen LogP contribution is 2.25. The fourth-order valence-corrected chi connectivity index (χ4v) is 2.72. The van der Waals surface area contributed by atoms with Crippen molar-refractivity contribution in [3.8, 4) is 0 Å². The monoisotopic (exact) mass is 326 g/mol. The smallest absolute Gasteiger partial charge is 0.252 e. The molecule has 0 unspecified atom stereocenters. The number of hydrogen-bond donors (Lipinski definition) is 2. The number of benzene rings is 1. The molecule has 1 aliphatic heterocycles. The lowest BCUT2D eigenvalue weighted by Crippen LogP contribution is -2.46. The summed E-state index contributed by atoms with van der Waals surface area (Å²) in [6.07, 6.45) is -2.64. The van der Waals surface area contributed by atoms with E-state index >= 15 is 0 Å². The van der Waals surface area contributed by atoms with Crippen molar-refractivity contribution in [3.05, 3.63) is 35.9 Å². The predicted octanol–water partition coefficient (Wildman–Crippen LogP) is 2.03. The van der Waals surface area contributed by atoms with Gasteiger partial charge in [0.05, 0.1) is 6.10 Å². The van der Waals surface area contributed by atoms with E-state index in [1.54, 1.807) is 0 Å². The first-order valence-electron chi connectivity index (χ1n) is 7.83. The standard InChI is InChI=1S/C17H24F2N2O2/c1-17(2,15(18)19)16(23)20-9-13-8-14(22)11-21(13)10-12-6-4-3-5-7-12/h3-7,13-15,22H,8-11H2,1-2H3,(H,20,23)/t13-,14-/m1/s1. The maximum absolute atomic E-state index is 12.9. The molecule has 128 valence electrons. The molecule has 1 fully saturated rings. The second-order valence-electron chi connectivity index (χ2n) is 6.69. The van der Waals surface area contributed by atoms with Crippen LogP contribution >= 0.6 is 0 Å². The van der Waals surface area contributed by atoms with E-state index in [0.29, 0.717) is 19.5 Å². The van der Waals surface area contributed by atoms with E-state index < -0.39 is 23.9 Å². The number of likely N-dealkylation sites (tertiary alicyclic amines) is 1. The lowest BCUT2D eigenvalue weighted by atomic mass is 9.93. The van der Waals surface area contributed by atoms with E-state index in [0.717, 1.165) is 5.56 Å². The van der Waals surface area contributed by atoms with Crippen LogP contribution in [0.25, 0.3) is 0 Å². The zero-order chi connectivity index (χ0) is 17.0. The molecule has 2 atom stereocenters. The third-order valence-electron chi connectivity index (χ3n) is 4.36. The minimum Gasteiger partial charge on any atom is -0.392 e. The quantitative estimate of drug-likeness (QED) is 0.841. The highest BCUT2D eigenvalue weighted by atomic mass is 19.3. The second-order valence-corrected chi connectivity index (χ2v) is 6.69. The molecule has 0 spiro atoms. The second kappa shape index (κ2) is 7.36. The molecule has 0 saturated carbocycles. The normalized spacial score (nSPS) is 22.5. The minimum absolute atomic E-state index is 0.0531. The Morgan fingerprint density at radius 3 is 2.65 bits per heavy atom.